The SMILES string of the molecule is Cc1ccc(N2CN=c3s/c(=C4\C(=O)Nc5c(C)cc(C)cc54)c(=O)n3C2)cc1. The molecule has 1 aromatic heterocycles. The molecule has 7 heteroatoms. The minimum atomic E-state index is -0.222. The Hall–Kier alpha value is -3.19. The zero-order valence-electron chi connectivity index (χ0n) is 16.4. The molecule has 146 valence electrons. The van der Waals surface area contributed by atoms with Gasteiger partial charge in [0.1, 0.15) is 17.9 Å². The summed E-state index contributed by atoms with van der Waals surface area (Å²) in [4.78, 5) is 33.3. The maximum absolute atomic E-state index is 13.2. The van der Waals surface area contributed by atoms with Crippen LogP contribution in [-0.4, -0.2) is 17.1 Å². The van der Waals surface area contributed by atoms with E-state index in [0.29, 0.717) is 28.2 Å². The molecular weight excluding hydrogens is 384 g/mol. The Morgan fingerprint density at radius 2 is 1.79 bits per heavy atom. The Kier molecular flexibility index (Phi) is 3.96. The van der Waals surface area contributed by atoms with Crippen LogP contribution >= 0.6 is 11.3 Å². The lowest BCUT2D eigenvalue weighted by atomic mass is 10.0. The molecule has 2 aromatic carbocycles. The van der Waals surface area contributed by atoms with E-state index in [9.17, 15) is 9.59 Å². The van der Waals surface area contributed by atoms with Gasteiger partial charge in [-0.3, -0.25) is 14.2 Å². The van der Waals surface area contributed by atoms with Crippen molar-refractivity contribution < 1.29 is 4.79 Å². The Labute approximate surface area is 171 Å². The van der Waals surface area contributed by atoms with Gasteiger partial charge in [0.15, 0.2) is 4.80 Å². The fourth-order valence-electron chi connectivity index (χ4n) is 3.93. The average molecular weight is 404 g/mol. The molecule has 0 saturated carbocycles. The molecule has 0 saturated heterocycles. The van der Waals surface area contributed by atoms with Gasteiger partial charge in [-0.25, -0.2) is 4.99 Å². The lowest BCUT2D eigenvalue weighted by Gasteiger charge is -2.25. The molecule has 5 rings (SSSR count). The van der Waals surface area contributed by atoms with Crippen molar-refractivity contribution in [3.05, 3.63) is 78.3 Å². The largest absolute Gasteiger partial charge is 0.334 e. The van der Waals surface area contributed by atoms with Crippen molar-refractivity contribution in [1.82, 2.24) is 4.57 Å². The summed E-state index contributed by atoms with van der Waals surface area (Å²) in [5.74, 6) is -0.222. The number of thiazole rings is 1. The number of hydrogen-bond donors (Lipinski definition) is 1. The van der Waals surface area contributed by atoms with Crippen molar-refractivity contribution in [2.24, 2.45) is 4.99 Å². The Bertz CT molecular complexity index is 1350. The van der Waals surface area contributed by atoms with Crippen molar-refractivity contribution in [2.45, 2.75) is 27.4 Å². The van der Waals surface area contributed by atoms with Crippen LogP contribution in [0.1, 0.15) is 22.3 Å². The third kappa shape index (κ3) is 2.81. The summed E-state index contributed by atoms with van der Waals surface area (Å²) in [5.41, 5.74) is 6.16. The molecule has 0 spiro atoms. The molecule has 0 aliphatic carbocycles. The number of carbonyl (C=O) groups is 1. The van der Waals surface area contributed by atoms with Gasteiger partial charge in [0, 0.05) is 11.3 Å². The van der Waals surface area contributed by atoms with Gasteiger partial charge in [0.05, 0.1) is 11.3 Å². The number of nitrogens with zero attached hydrogens (tertiary/aromatic N) is 3. The average Bonchev–Trinajstić information content (AvgIpc) is 3.18. The van der Waals surface area contributed by atoms with Gasteiger partial charge in [-0.2, -0.15) is 0 Å². The van der Waals surface area contributed by atoms with Gasteiger partial charge >= 0.3 is 0 Å². The van der Waals surface area contributed by atoms with E-state index in [2.05, 4.69) is 10.3 Å². The summed E-state index contributed by atoms with van der Waals surface area (Å²) >= 11 is 1.30. The molecular formula is C22H20N4O2S. The van der Waals surface area contributed by atoms with Crippen LogP contribution in [0.2, 0.25) is 0 Å². The van der Waals surface area contributed by atoms with Crippen molar-refractivity contribution >= 4 is 34.2 Å². The van der Waals surface area contributed by atoms with E-state index in [1.165, 1.54) is 16.9 Å². The second-order valence-corrected chi connectivity index (χ2v) is 8.57. The third-order valence-electron chi connectivity index (χ3n) is 5.39. The van der Waals surface area contributed by atoms with Crippen LogP contribution in [0, 0.1) is 20.8 Å². The Balaban J connectivity index is 1.66. The zero-order valence-corrected chi connectivity index (χ0v) is 17.3. The number of anilines is 2. The summed E-state index contributed by atoms with van der Waals surface area (Å²) < 4.78 is 2.11. The quantitative estimate of drug-likeness (QED) is 0.675. The monoisotopic (exact) mass is 404 g/mol. The first-order valence-electron chi connectivity index (χ1n) is 9.45. The van der Waals surface area contributed by atoms with E-state index in [1.807, 2.05) is 62.1 Å². The molecule has 0 unspecified atom stereocenters. The number of rotatable bonds is 1. The first kappa shape index (κ1) is 17.9. The number of hydrogen-bond acceptors (Lipinski definition) is 5. The van der Waals surface area contributed by atoms with Gasteiger partial charge in [-0.15, -0.1) is 0 Å². The highest BCUT2D eigenvalue weighted by molar-refractivity contribution is 7.07. The van der Waals surface area contributed by atoms with Crippen LogP contribution in [0.15, 0.2) is 46.2 Å². The van der Waals surface area contributed by atoms with E-state index in [0.717, 1.165) is 28.1 Å². The second kappa shape index (κ2) is 6.42. The highest BCUT2D eigenvalue weighted by Crippen LogP contribution is 2.33. The zero-order chi connectivity index (χ0) is 20.3. The van der Waals surface area contributed by atoms with Crippen LogP contribution in [0.4, 0.5) is 11.4 Å². The van der Waals surface area contributed by atoms with Gasteiger partial charge in [-0.05, 0) is 44.5 Å². The lowest BCUT2D eigenvalue weighted by molar-refractivity contribution is -0.110. The minimum absolute atomic E-state index is 0.164. The van der Waals surface area contributed by atoms with E-state index in [-0.39, 0.29) is 11.5 Å². The Morgan fingerprint density at radius 3 is 2.55 bits per heavy atom. The maximum Gasteiger partial charge on any atom is 0.272 e. The molecule has 29 heavy (non-hydrogen) atoms. The second-order valence-electron chi connectivity index (χ2n) is 7.60. The van der Waals surface area contributed by atoms with Gasteiger partial charge in [-0.1, -0.05) is 40.7 Å². The molecule has 6 nitrogen and oxygen atoms in total. The van der Waals surface area contributed by atoms with Crippen LogP contribution in [0.3, 0.4) is 0 Å². The predicted molar refractivity (Wildman–Crippen MR) is 115 cm³/mol. The molecule has 3 heterocycles. The molecule has 1 amide bonds. The predicted octanol–water partition coefficient (Wildman–Crippen LogP) is 2.04. The fourth-order valence-corrected chi connectivity index (χ4v) is 4.99. The molecule has 0 fully saturated rings. The number of nitrogens with one attached hydrogen (secondary N) is 1. The van der Waals surface area contributed by atoms with Crippen LogP contribution in [-0.2, 0) is 11.5 Å². The number of aromatic nitrogens is 1. The lowest BCUT2D eigenvalue weighted by Crippen LogP contribution is -2.43. The smallest absolute Gasteiger partial charge is 0.272 e. The molecule has 2 aliphatic heterocycles. The van der Waals surface area contributed by atoms with Gasteiger partial charge < -0.3 is 10.2 Å². The topological polar surface area (TPSA) is 66.7 Å². The van der Waals surface area contributed by atoms with Crippen molar-refractivity contribution in [3.8, 4) is 0 Å². The number of amides is 1. The number of carbonyl (C=O) groups excluding carboxylic acids is 1. The molecule has 1 N–H and O–H groups in total. The van der Waals surface area contributed by atoms with Gasteiger partial charge in [0.25, 0.3) is 11.5 Å². The fraction of sp³-hybridized carbons (Fsp3) is 0.227. The molecule has 3 aromatic rings. The first-order chi connectivity index (χ1) is 13.9. The molecule has 0 radical (unpaired) electrons. The molecule has 2 aliphatic rings. The van der Waals surface area contributed by atoms with E-state index >= 15 is 0 Å². The van der Waals surface area contributed by atoms with Crippen LogP contribution < -0.4 is 25.1 Å². The minimum Gasteiger partial charge on any atom is -0.334 e. The van der Waals surface area contributed by atoms with Crippen molar-refractivity contribution in [2.75, 3.05) is 16.9 Å². The highest BCUT2D eigenvalue weighted by Gasteiger charge is 2.29. The summed E-state index contributed by atoms with van der Waals surface area (Å²) in [6.45, 7) is 6.92. The molecule has 0 bridgehead atoms. The van der Waals surface area contributed by atoms with E-state index in [4.69, 9.17) is 0 Å². The van der Waals surface area contributed by atoms with Gasteiger partial charge in [0.2, 0.25) is 0 Å². The number of aryl methyl sites for hydroxylation is 3. The van der Waals surface area contributed by atoms with Crippen molar-refractivity contribution in [1.29, 1.82) is 0 Å². The maximum atomic E-state index is 13.2. The summed E-state index contributed by atoms with van der Waals surface area (Å²) in [6, 6.07) is 12.2. The summed E-state index contributed by atoms with van der Waals surface area (Å²) in [7, 11) is 0. The first-order valence-corrected chi connectivity index (χ1v) is 10.3. The van der Waals surface area contributed by atoms with Crippen LogP contribution in [0.25, 0.3) is 5.57 Å². The normalized spacial score (nSPS) is 16.9. The highest BCUT2D eigenvalue weighted by atomic mass is 32.1. The standard InChI is InChI=1S/C22H20N4O2S/c1-12-4-6-15(7-5-12)25-10-23-22-26(11-25)21(28)19(29-22)17-16-9-13(2)8-14(3)18(16)24-20(17)27/h4-9H,10-11H2,1-3H3,(H,24,27)/b19-17-. The van der Waals surface area contributed by atoms with Crippen molar-refractivity contribution in [3.63, 3.8) is 0 Å². The number of benzene rings is 2. The molecule has 0 atom stereocenters. The van der Waals surface area contributed by atoms with Crippen LogP contribution in [0.5, 0.6) is 0 Å². The number of fused-ring (bicyclic) bond motifs is 2. The summed E-state index contributed by atoms with van der Waals surface area (Å²) in [6.07, 6.45) is 0. The summed E-state index contributed by atoms with van der Waals surface area (Å²) in [5, 5.41) is 2.93. The van der Waals surface area contributed by atoms with E-state index in [1.54, 1.807) is 4.57 Å². The van der Waals surface area contributed by atoms with E-state index < -0.39 is 0 Å². The third-order valence-corrected chi connectivity index (χ3v) is 6.51. The Morgan fingerprint density at radius 1 is 1.03 bits per heavy atom.